The molecule has 3 rings (SSSR count). The molecule has 2 N–H and O–H groups in total. The molecule has 1 aromatic heterocycles. The van der Waals surface area contributed by atoms with Crippen LogP contribution in [0.5, 0.6) is 17.2 Å². The van der Waals surface area contributed by atoms with Crippen LogP contribution in [-0.2, 0) is 9.53 Å². The number of aromatic hydroxyl groups is 1. The highest BCUT2D eigenvalue weighted by atomic mass is 19.1. The Labute approximate surface area is 192 Å². The molecule has 3 atom stereocenters. The van der Waals surface area contributed by atoms with Gasteiger partial charge < -0.3 is 24.6 Å². The number of ether oxygens (including phenoxy) is 3. The van der Waals surface area contributed by atoms with E-state index in [-0.39, 0.29) is 17.4 Å². The first kappa shape index (κ1) is 24.3. The van der Waals surface area contributed by atoms with Gasteiger partial charge in [-0.15, -0.1) is 0 Å². The van der Waals surface area contributed by atoms with E-state index in [4.69, 9.17) is 14.2 Å². The van der Waals surface area contributed by atoms with Crippen LogP contribution in [0.25, 0.3) is 0 Å². The minimum Gasteiger partial charge on any atom is -0.503 e. The Hall–Kier alpha value is -3.36. The number of esters is 1. The number of benzene rings is 1. The molecule has 0 bridgehead atoms. The fraction of sp³-hybridized carbons (Fsp3) is 0.458. The number of methoxy groups -OCH3 is 1. The zero-order valence-corrected chi connectivity index (χ0v) is 18.9. The van der Waals surface area contributed by atoms with Crippen molar-refractivity contribution in [1.82, 2.24) is 10.3 Å². The second-order valence-electron chi connectivity index (χ2n) is 8.13. The van der Waals surface area contributed by atoms with E-state index in [1.54, 1.807) is 19.1 Å². The van der Waals surface area contributed by atoms with E-state index in [2.05, 4.69) is 10.3 Å². The molecule has 2 aromatic rings. The Morgan fingerprint density at radius 2 is 1.94 bits per heavy atom. The Morgan fingerprint density at radius 3 is 2.61 bits per heavy atom. The van der Waals surface area contributed by atoms with Gasteiger partial charge in [0, 0.05) is 18.3 Å². The van der Waals surface area contributed by atoms with Crippen molar-refractivity contribution in [2.45, 2.75) is 57.8 Å². The maximum absolute atomic E-state index is 13.6. The fourth-order valence-corrected chi connectivity index (χ4v) is 4.00. The first-order chi connectivity index (χ1) is 15.8. The van der Waals surface area contributed by atoms with E-state index in [9.17, 15) is 19.1 Å². The number of nitrogens with zero attached hydrogens (tertiary/aromatic N) is 1. The molecule has 1 aliphatic rings. The maximum Gasteiger partial charge on any atom is 0.328 e. The first-order valence-corrected chi connectivity index (χ1v) is 11.0. The molecule has 1 amide bonds. The van der Waals surface area contributed by atoms with Gasteiger partial charge >= 0.3 is 5.97 Å². The summed E-state index contributed by atoms with van der Waals surface area (Å²) >= 11 is 0. The molecule has 1 heterocycles. The van der Waals surface area contributed by atoms with Crippen molar-refractivity contribution in [3.63, 3.8) is 0 Å². The van der Waals surface area contributed by atoms with Gasteiger partial charge in [0.05, 0.1) is 7.11 Å². The lowest BCUT2D eigenvalue weighted by Gasteiger charge is -2.30. The second kappa shape index (κ2) is 11.0. The van der Waals surface area contributed by atoms with Crippen molar-refractivity contribution >= 4 is 11.9 Å². The van der Waals surface area contributed by atoms with E-state index in [1.807, 2.05) is 0 Å². The number of hydrogen-bond donors (Lipinski definition) is 2. The zero-order chi connectivity index (χ0) is 24.0. The van der Waals surface area contributed by atoms with Crippen LogP contribution in [0.1, 0.15) is 50.0 Å². The fourth-order valence-electron chi connectivity index (χ4n) is 4.00. The summed E-state index contributed by atoms with van der Waals surface area (Å²) in [6.07, 6.45) is 4.19. The quantitative estimate of drug-likeness (QED) is 0.551. The normalized spacial score (nSPS) is 16.5. The molecule has 33 heavy (non-hydrogen) atoms. The lowest BCUT2D eigenvalue weighted by molar-refractivity contribution is -0.156. The van der Waals surface area contributed by atoms with Gasteiger partial charge in [0.25, 0.3) is 5.91 Å². The van der Waals surface area contributed by atoms with E-state index in [0.29, 0.717) is 5.75 Å². The highest BCUT2D eigenvalue weighted by Gasteiger charge is 2.34. The van der Waals surface area contributed by atoms with Crippen LogP contribution in [0.2, 0.25) is 0 Å². The predicted octanol–water partition coefficient (Wildman–Crippen LogP) is 3.62. The number of hydrogen-bond acceptors (Lipinski definition) is 7. The third kappa shape index (κ3) is 6.12. The Morgan fingerprint density at radius 1 is 1.21 bits per heavy atom. The van der Waals surface area contributed by atoms with E-state index in [1.165, 1.54) is 38.4 Å². The smallest absolute Gasteiger partial charge is 0.328 e. The maximum atomic E-state index is 13.6. The van der Waals surface area contributed by atoms with Crippen LogP contribution in [-0.4, -0.2) is 47.3 Å². The number of pyridine rings is 1. The number of aromatic nitrogens is 1. The van der Waals surface area contributed by atoms with Crippen molar-refractivity contribution in [3.8, 4) is 17.2 Å². The number of halogens is 1. The Bertz CT molecular complexity index is 979. The van der Waals surface area contributed by atoms with Crippen molar-refractivity contribution in [2.75, 3.05) is 7.11 Å². The molecule has 0 unspecified atom stereocenters. The summed E-state index contributed by atoms with van der Waals surface area (Å²) in [5, 5.41) is 12.6. The summed E-state index contributed by atoms with van der Waals surface area (Å²) in [6, 6.07) is 6.26. The minimum absolute atomic E-state index is 0.0907. The van der Waals surface area contributed by atoms with E-state index in [0.717, 1.165) is 25.7 Å². The molecule has 1 aromatic carbocycles. The lowest BCUT2D eigenvalue weighted by Crippen LogP contribution is -2.45. The van der Waals surface area contributed by atoms with Gasteiger partial charge in [-0.25, -0.2) is 14.2 Å². The number of rotatable bonds is 9. The molecule has 178 valence electrons. The number of carbonyl (C=O) groups excluding carboxylic acids is 2. The second-order valence-corrected chi connectivity index (χ2v) is 8.13. The third-order valence-corrected chi connectivity index (χ3v) is 5.72. The first-order valence-electron chi connectivity index (χ1n) is 11.0. The summed E-state index contributed by atoms with van der Waals surface area (Å²) in [6.45, 7) is 3.20. The van der Waals surface area contributed by atoms with Gasteiger partial charge in [0.1, 0.15) is 29.8 Å². The van der Waals surface area contributed by atoms with Crippen LogP contribution >= 0.6 is 0 Å². The minimum atomic E-state index is -1.01. The number of carbonyl (C=O) groups is 2. The Kier molecular flexibility index (Phi) is 8.08. The zero-order valence-electron chi connectivity index (χ0n) is 18.9. The van der Waals surface area contributed by atoms with E-state index < -0.39 is 41.7 Å². The van der Waals surface area contributed by atoms with Crippen molar-refractivity contribution < 1.29 is 33.3 Å². The Balaban J connectivity index is 1.65. The summed E-state index contributed by atoms with van der Waals surface area (Å²) in [5.74, 6) is -1.61. The molecule has 0 radical (unpaired) electrons. The molecule has 0 spiro atoms. The molecular formula is C24H29FN2O6. The van der Waals surface area contributed by atoms with Gasteiger partial charge in [-0.1, -0.05) is 18.9 Å². The molecule has 0 saturated heterocycles. The monoisotopic (exact) mass is 460 g/mol. The van der Waals surface area contributed by atoms with Crippen molar-refractivity contribution in [1.29, 1.82) is 0 Å². The largest absolute Gasteiger partial charge is 0.503 e. The average molecular weight is 461 g/mol. The van der Waals surface area contributed by atoms with Crippen LogP contribution in [0, 0.1) is 11.7 Å². The highest BCUT2D eigenvalue weighted by Crippen LogP contribution is 2.33. The van der Waals surface area contributed by atoms with Crippen molar-refractivity contribution in [3.05, 3.63) is 48.0 Å². The average Bonchev–Trinajstić information content (AvgIpc) is 3.32. The van der Waals surface area contributed by atoms with Crippen molar-refractivity contribution in [2.24, 2.45) is 5.92 Å². The molecule has 8 nitrogen and oxygen atoms in total. The summed E-state index contributed by atoms with van der Waals surface area (Å²) < 4.78 is 30.3. The summed E-state index contributed by atoms with van der Waals surface area (Å²) in [5.41, 5.74) is -0.264. The molecule has 1 fully saturated rings. The topological polar surface area (TPSA) is 107 Å². The van der Waals surface area contributed by atoms with E-state index >= 15 is 0 Å². The molecule has 1 saturated carbocycles. The number of amides is 1. The molecule has 0 aliphatic heterocycles. The summed E-state index contributed by atoms with van der Waals surface area (Å²) in [7, 11) is 1.35. The lowest BCUT2D eigenvalue weighted by atomic mass is 9.96. The summed E-state index contributed by atoms with van der Waals surface area (Å²) in [4.78, 5) is 29.0. The molecular weight excluding hydrogens is 431 g/mol. The highest BCUT2D eigenvalue weighted by molar-refractivity contribution is 5.97. The van der Waals surface area contributed by atoms with Crippen LogP contribution in [0.15, 0.2) is 36.5 Å². The molecule has 1 aliphatic carbocycles. The standard InChI is InChI=1S/C24H29FN2O6/c1-14(27-23(29)20-21(28)19(31-3)11-12-26-20)24(30)32-15(2)22(16-7-4-5-8-16)33-18-10-6-9-17(25)13-18/h6,9-16,22,28H,4-5,7-8H2,1-3H3,(H,27,29)/t14-,15-,22-/m0/s1. The third-order valence-electron chi connectivity index (χ3n) is 5.72. The van der Waals surface area contributed by atoms with Crippen LogP contribution in [0.4, 0.5) is 4.39 Å². The number of nitrogens with one attached hydrogen (secondary N) is 1. The predicted molar refractivity (Wildman–Crippen MR) is 118 cm³/mol. The van der Waals surface area contributed by atoms with Gasteiger partial charge in [-0.05, 0) is 44.7 Å². The van der Waals surface area contributed by atoms with Gasteiger partial charge in [-0.2, -0.15) is 0 Å². The molecule has 9 heteroatoms. The van der Waals surface area contributed by atoms with Crippen LogP contribution in [0.3, 0.4) is 0 Å². The SMILES string of the molecule is COc1ccnc(C(=O)N[C@@H](C)C(=O)O[C@@H](C)[C@H](Oc2cccc(F)c2)C2CCCC2)c1O. The van der Waals surface area contributed by atoms with Gasteiger partial charge in [0.15, 0.2) is 17.2 Å². The van der Waals surface area contributed by atoms with Gasteiger partial charge in [-0.3, -0.25) is 4.79 Å². The van der Waals surface area contributed by atoms with Gasteiger partial charge in [0.2, 0.25) is 0 Å². The van der Waals surface area contributed by atoms with Crippen LogP contribution < -0.4 is 14.8 Å².